The number of carbonyl (C=O) groups excluding carboxylic acids is 2. The molecule has 1 aliphatic rings. The topological polar surface area (TPSA) is 72.0 Å². The van der Waals surface area contributed by atoms with E-state index in [1.165, 1.54) is 0 Å². The summed E-state index contributed by atoms with van der Waals surface area (Å²) in [6.07, 6.45) is 1.86. The van der Waals surface area contributed by atoms with Gasteiger partial charge in [0.15, 0.2) is 0 Å². The van der Waals surface area contributed by atoms with E-state index in [1.54, 1.807) is 54.5 Å². The van der Waals surface area contributed by atoms with Gasteiger partial charge in [0, 0.05) is 44.0 Å². The van der Waals surface area contributed by atoms with Crippen molar-refractivity contribution in [1.82, 2.24) is 14.8 Å². The first kappa shape index (κ1) is 18.7. The molecule has 3 rings (SSSR count). The Bertz CT molecular complexity index is 802. The second-order valence-electron chi connectivity index (χ2n) is 6.24. The van der Waals surface area contributed by atoms with Gasteiger partial charge < -0.3 is 19.3 Å². The van der Waals surface area contributed by atoms with Crippen LogP contribution in [0.1, 0.15) is 16.1 Å². The largest absolute Gasteiger partial charge is 0.497 e. The van der Waals surface area contributed by atoms with Crippen molar-refractivity contribution >= 4 is 11.8 Å². The van der Waals surface area contributed by atoms with Crippen molar-refractivity contribution in [2.45, 2.75) is 6.42 Å². The van der Waals surface area contributed by atoms with Crippen molar-refractivity contribution in [3.05, 3.63) is 53.9 Å². The standard InChI is InChI=1S/C20H23N3O4/c1-26-16-7-6-15(18(14-16)27-2)13-19(24)22-9-11-23(12-10-22)20(25)17-5-3-4-8-21-17/h3-8,14H,9-13H2,1-2H3. The third-order valence-corrected chi connectivity index (χ3v) is 4.64. The van der Waals surface area contributed by atoms with E-state index in [1.807, 2.05) is 12.1 Å². The predicted octanol–water partition coefficient (Wildman–Crippen LogP) is 1.63. The van der Waals surface area contributed by atoms with Crippen molar-refractivity contribution in [2.24, 2.45) is 0 Å². The highest BCUT2D eigenvalue weighted by Gasteiger charge is 2.25. The molecule has 1 aliphatic heterocycles. The zero-order valence-electron chi connectivity index (χ0n) is 15.6. The number of methoxy groups -OCH3 is 2. The lowest BCUT2D eigenvalue weighted by Crippen LogP contribution is -2.51. The molecule has 7 nitrogen and oxygen atoms in total. The lowest BCUT2D eigenvalue weighted by Gasteiger charge is -2.34. The average Bonchev–Trinajstić information content (AvgIpc) is 2.74. The van der Waals surface area contributed by atoms with Gasteiger partial charge in [-0.3, -0.25) is 14.6 Å². The van der Waals surface area contributed by atoms with Crippen LogP contribution >= 0.6 is 0 Å². The minimum absolute atomic E-state index is 0.0170. The van der Waals surface area contributed by atoms with E-state index in [0.29, 0.717) is 43.4 Å². The van der Waals surface area contributed by atoms with E-state index in [-0.39, 0.29) is 18.2 Å². The highest BCUT2D eigenvalue weighted by atomic mass is 16.5. The first-order valence-corrected chi connectivity index (χ1v) is 8.81. The van der Waals surface area contributed by atoms with Crippen LogP contribution in [0.25, 0.3) is 0 Å². The van der Waals surface area contributed by atoms with Crippen molar-refractivity contribution in [3.8, 4) is 11.5 Å². The lowest BCUT2D eigenvalue weighted by molar-refractivity contribution is -0.131. The third-order valence-electron chi connectivity index (χ3n) is 4.64. The maximum Gasteiger partial charge on any atom is 0.272 e. The summed E-state index contributed by atoms with van der Waals surface area (Å²) in [7, 11) is 3.16. The Balaban J connectivity index is 1.58. The molecule has 2 aromatic rings. The molecule has 0 radical (unpaired) electrons. The Morgan fingerprint density at radius 2 is 1.74 bits per heavy atom. The van der Waals surface area contributed by atoms with Crippen molar-refractivity contribution in [1.29, 1.82) is 0 Å². The highest BCUT2D eigenvalue weighted by molar-refractivity contribution is 5.92. The number of rotatable bonds is 5. The number of carbonyl (C=O) groups is 2. The number of ether oxygens (including phenoxy) is 2. The van der Waals surface area contributed by atoms with Crippen LogP contribution in [0.2, 0.25) is 0 Å². The molecule has 0 N–H and O–H groups in total. The molecule has 0 unspecified atom stereocenters. The number of hydrogen-bond acceptors (Lipinski definition) is 5. The smallest absolute Gasteiger partial charge is 0.272 e. The van der Waals surface area contributed by atoms with Crippen LogP contribution in [0.4, 0.5) is 0 Å². The maximum absolute atomic E-state index is 12.7. The quantitative estimate of drug-likeness (QED) is 0.801. The molecule has 0 spiro atoms. The summed E-state index contributed by atoms with van der Waals surface area (Å²) in [4.78, 5) is 32.7. The predicted molar refractivity (Wildman–Crippen MR) is 100.0 cm³/mol. The summed E-state index contributed by atoms with van der Waals surface area (Å²) in [5.41, 5.74) is 1.25. The summed E-state index contributed by atoms with van der Waals surface area (Å²) in [5.74, 6) is 1.24. The molecule has 0 bridgehead atoms. The van der Waals surface area contributed by atoms with E-state index in [2.05, 4.69) is 4.98 Å². The number of piperazine rings is 1. The Morgan fingerprint density at radius 1 is 1.00 bits per heavy atom. The number of nitrogens with zero attached hydrogens (tertiary/aromatic N) is 3. The monoisotopic (exact) mass is 369 g/mol. The number of pyridine rings is 1. The summed E-state index contributed by atoms with van der Waals surface area (Å²) in [5, 5.41) is 0. The number of hydrogen-bond donors (Lipinski definition) is 0. The highest BCUT2D eigenvalue weighted by Crippen LogP contribution is 2.25. The molecule has 2 heterocycles. The molecule has 7 heteroatoms. The number of benzene rings is 1. The van der Waals surface area contributed by atoms with Crippen LogP contribution in [-0.4, -0.2) is 67.0 Å². The van der Waals surface area contributed by atoms with Gasteiger partial charge in [-0.2, -0.15) is 0 Å². The van der Waals surface area contributed by atoms with Gasteiger partial charge in [0.25, 0.3) is 5.91 Å². The van der Waals surface area contributed by atoms with Crippen LogP contribution in [0.5, 0.6) is 11.5 Å². The van der Waals surface area contributed by atoms with Crippen molar-refractivity contribution < 1.29 is 19.1 Å². The van der Waals surface area contributed by atoms with Crippen LogP contribution in [0.3, 0.4) is 0 Å². The van der Waals surface area contributed by atoms with E-state index < -0.39 is 0 Å². The van der Waals surface area contributed by atoms with Gasteiger partial charge in [0.1, 0.15) is 17.2 Å². The number of aromatic nitrogens is 1. The van der Waals surface area contributed by atoms with Gasteiger partial charge in [-0.05, 0) is 18.2 Å². The Hall–Kier alpha value is -3.09. The van der Waals surface area contributed by atoms with Gasteiger partial charge in [-0.1, -0.05) is 12.1 Å². The fourth-order valence-corrected chi connectivity index (χ4v) is 3.08. The average molecular weight is 369 g/mol. The van der Waals surface area contributed by atoms with Crippen LogP contribution < -0.4 is 9.47 Å². The SMILES string of the molecule is COc1ccc(CC(=O)N2CCN(C(=O)c3ccccn3)CC2)c(OC)c1. The molecule has 0 saturated carbocycles. The van der Waals surface area contributed by atoms with Gasteiger partial charge >= 0.3 is 0 Å². The van der Waals surface area contributed by atoms with Crippen molar-refractivity contribution in [2.75, 3.05) is 40.4 Å². The third kappa shape index (κ3) is 4.36. The van der Waals surface area contributed by atoms with E-state index in [9.17, 15) is 9.59 Å². The Labute approximate surface area is 158 Å². The second kappa shape index (κ2) is 8.53. The van der Waals surface area contributed by atoms with Gasteiger partial charge in [-0.15, -0.1) is 0 Å². The molecule has 0 aliphatic carbocycles. The number of amides is 2. The first-order valence-electron chi connectivity index (χ1n) is 8.81. The zero-order chi connectivity index (χ0) is 19.2. The summed E-state index contributed by atoms with van der Waals surface area (Å²) in [6, 6.07) is 10.7. The van der Waals surface area contributed by atoms with Gasteiger partial charge in [0.05, 0.1) is 20.6 Å². The van der Waals surface area contributed by atoms with Crippen LogP contribution in [-0.2, 0) is 11.2 Å². The molecule has 1 saturated heterocycles. The molecule has 142 valence electrons. The lowest BCUT2D eigenvalue weighted by atomic mass is 10.1. The molecule has 2 amide bonds. The second-order valence-corrected chi connectivity index (χ2v) is 6.24. The van der Waals surface area contributed by atoms with Crippen LogP contribution in [0.15, 0.2) is 42.6 Å². The molecular formula is C20H23N3O4. The van der Waals surface area contributed by atoms with Gasteiger partial charge in [-0.25, -0.2) is 0 Å². The zero-order valence-corrected chi connectivity index (χ0v) is 15.6. The van der Waals surface area contributed by atoms with E-state index in [0.717, 1.165) is 5.56 Å². The fraction of sp³-hybridized carbons (Fsp3) is 0.350. The minimum atomic E-state index is -0.0977. The fourth-order valence-electron chi connectivity index (χ4n) is 3.08. The maximum atomic E-state index is 12.7. The minimum Gasteiger partial charge on any atom is -0.497 e. The molecule has 1 aromatic heterocycles. The summed E-state index contributed by atoms with van der Waals surface area (Å²) in [6.45, 7) is 2.02. The van der Waals surface area contributed by atoms with E-state index >= 15 is 0 Å². The summed E-state index contributed by atoms with van der Waals surface area (Å²) >= 11 is 0. The molecule has 1 fully saturated rings. The summed E-state index contributed by atoms with van der Waals surface area (Å²) < 4.78 is 10.5. The Kier molecular flexibility index (Phi) is 5.90. The molecular weight excluding hydrogens is 346 g/mol. The normalized spacial score (nSPS) is 14.0. The first-order chi connectivity index (χ1) is 13.1. The Morgan fingerprint density at radius 3 is 2.37 bits per heavy atom. The molecule has 0 atom stereocenters. The molecule has 1 aromatic carbocycles. The van der Waals surface area contributed by atoms with Crippen LogP contribution in [0, 0.1) is 0 Å². The molecule has 27 heavy (non-hydrogen) atoms. The van der Waals surface area contributed by atoms with Crippen molar-refractivity contribution in [3.63, 3.8) is 0 Å². The van der Waals surface area contributed by atoms with Gasteiger partial charge in [0.2, 0.25) is 5.91 Å². The van der Waals surface area contributed by atoms with E-state index in [4.69, 9.17) is 9.47 Å².